The van der Waals surface area contributed by atoms with Gasteiger partial charge in [-0.1, -0.05) is 26.7 Å². The van der Waals surface area contributed by atoms with Gasteiger partial charge in [0.2, 0.25) is 0 Å². The SMILES string of the molecule is CCCC[N+]1(CCCC[N+]2(CCCC)CCCCC2)CCCCC1.F[B-](F)(F)F.F[B-](F)(F)F. The Morgan fingerprint density at radius 2 is 0.676 bits per heavy atom. The van der Waals surface area contributed by atoms with Gasteiger partial charge in [-0.2, -0.15) is 0 Å². The fourth-order valence-corrected chi connectivity index (χ4v) is 5.37. The van der Waals surface area contributed by atoms with Crippen LogP contribution in [0, 0.1) is 0 Å². The molecule has 0 amide bonds. The summed E-state index contributed by atoms with van der Waals surface area (Å²) < 4.78 is 81.0. The zero-order valence-corrected chi connectivity index (χ0v) is 21.2. The van der Waals surface area contributed by atoms with Gasteiger partial charge in [-0.05, 0) is 51.4 Å². The Hall–Kier alpha value is -0.510. The van der Waals surface area contributed by atoms with Crippen molar-refractivity contribution in [3.63, 3.8) is 0 Å². The van der Waals surface area contributed by atoms with Gasteiger partial charge in [-0.25, -0.2) is 0 Å². The summed E-state index contributed by atoms with van der Waals surface area (Å²) in [7, 11) is -12.0. The smallest absolute Gasteiger partial charge is 0.418 e. The van der Waals surface area contributed by atoms with Gasteiger partial charge in [0.15, 0.2) is 0 Å². The first-order chi connectivity index (χ1) is 15.7. The van der Waals surface area contributed by atoms with E-state index in [4.69, 9.17) is 0 Å². The molecule has 2 heterocycles. The average molecular weight is 512 g/mol. The maximum Gasteiger partial charge on any atom is 0.673 e. The molecule has 2 nitrogen and oxygen atoms in total. The second-order valence-electron chi connectivity index (χ2n) is 10.00. The van der Waals surface area contributed by atoms with Crippen molar-refractivity contribution in [3.05, 3.63) is 0 Å². The van der Waals surface area contributed by atoms with Gasteiger partial charge in [0, 0.05) is 12.8 Å². The van der Waals surface area contributed by atoms with Crippen LogP contribution in [0.3, 0.4) is 0 Å². The Labute approximate surface area is 201 Å². The van der Waals surface area contributed by atoms with Crippen LogP contribution in [0.25, 0.3) is 0 Å². The van der Waals surface area contributed by atoms with Crippen LogP contribution < -0.4 is 0 Å². The molecule has 0 atom stereocenters. The van der Waals surface area contributed by atoms with E-state index in [-0.39, 0.29) is 0 Å². The lowest BCUT2D eigenvalue weighted by molar-refractivity contribution is -0.938. The summed E-state index contributed by atoms with van der Waals surface area (Å²) in [6.07, 6.45) is 17.5. The summed E-state index contributed by atoms with van der Waals surface area (Å²) >= 11 is 0. The standard InChI is InChI=1S/C22H46N2.2BF4/c1-3-5-15-23(17-9-7-10-18-23)21-13-14-22-24(16-6-4-2)19-11-8-12-20-24;2*2-1(3,4)5/h3-22H2,1-2H3;;/q+2;2*-1. The summed E-state index contributed by atoms with van der Waals surface area (Å²) in [5, 5.41) is 0. The second-order valence-corrected chi connectivity index (χ2v) is 10.00. The lowest BCUT2D eigenvalue weighted by atomic mass is 10.0. The highest BCUT2D eigenvalue weighted by molar-refractivity contribution is 6.50. The van der Waals surface area contributed by atoms with Crippen LogP contribution >= 0.6 is 0 Å². The highest BCUT2D eigenvalue weighted by Gasteiger charge is 2.31. The van der Waals surface area contributed by atoms with Gasteiger partial charge in [-0.3, -0.25) is 0 Å². The molecule has 0 saturated carbocycles. The van der Waals surface area contributed by atoms with Crippen molar-refractivity contribution in [3.8, 4) is 0 Å². The molecule has 0 bridgehead atoms. The minimum atomic E-state index is -6.00. The van der Waals surface area contributed by atoms with Crippen molar-refractivity contribution < 1.29 is 43.5 Å². The van der Waals surface area contributed by atoms with Crippen molar-refractivity contribution in [2.45, 2.75) is 90.9 Å². The molecule has 2 fully saturated rings. The van der Waals surface area contributed by atoms with E-state index < -0.39 is 14.5 Å². The van der Waals surface area contributed by atoms with E-state index in [2.05, 4.69) is 13.8 Å². The highest BCUT2D eigenvalue weighted by atomic mass is 19.5. The van der Waals surface area contributed by atoms with Crippen LogP contribution in [0.5, 0.6) is 0 Å². The van der Waals surface area contributed by atoms with Crippen molar-refractivity contribution in [1.29, 1.82) is 0 Å². The van der Waals surface area contributed by atoms with Gasteiger partial charge in [-0.15, -0.1) is 0 Å². The molecule has 2 rings (SSSR count). The Morgan fingerprint density at radius 3 is 0.912 bits per heavy atom. The molecule has 2 aliphatic rings. The maximum absolute atomic E-state index is 9.75. The lowest BCUT2D eigenvalue weighted by Crippen LogP contribution is -2.54. The third kappa shape index (κ3) is 19.8. The van der Waals surface area contributed by atoms with Crippen molar-refractivity contribution in [2.75, 3.05) is 52.4 Å². The largest absolute Gasteiger partial charge is 0.673 e. The third-order valence-corrected chi connectivity index (χ3v) is 7.02. The number of halogens is 8. The molecule has 0 aliphatic carbocycles. The molecule has 2 saturated heterocycles. The molecule has 0 aromatic carbocycles. The van der Waals surface area contributed by atoms with E-state index in [1.807, 2.05) is 0 Å². The first-order valence-corrected chi connectivity index (χ1v) is 13.2. The number of hydrogen-bond donors (Lipinski definition) is 0. The maximum atomic E-state index is 9.75. The van der Waals surface area contributed by atoms with E-state index in [0.717, 1.165) is 0 Å². The Kier molecular flexibility index (Phi) is 16.8. The average Bonchev–Trinajstić information content (AvgIpc) is 2.73. The Bertz CT molecular complexity index is 436. The van der Waals surface area contributed by atoms with Crippen molar-refractivity contribution in [2.24, 2.45) is 0 Å². The molecule has 0 aromatic rings. The molecule has 0 aromatic heterocycles. The van der Waals surface area contributed by atoms with Gasteiger partial charge >= 0.3 is 14.5 Å². The summed E-state index contributed by atoms with van der Waals surface area (Å²) in [5.74, 6) is 0. The molecule has 12 heteroatoms. The fourth-order valence-electron chi connectivity index (χ4n) is 5.37. The van der Waals surface area contributed by atoms with Crippen molar-refractivity contribution >= 4 is 14.5 Å². The summed E-state index contributed by atoms with van der Waals surface area (Å²) in [4.78, 5) is 0. The van der Waals surface area contributed by atoms with E-state index in [1.165, 1.54) is 138 Å². The van der Waals surface area contributed by atoms with Crippen LogP contribution in [-0.4, -0.2) is 75.8 Å². The molecule has 0 N–H and O–H groups in total. The number of likely N-dealkylation sites (tertiary alicyclic amines) is 2. The van der Waals surface area contributed by atoms with E-state index >= 15 is 0 Å². The molecule has 0 spiro atoms. The van der Waals surface area contributed by atoms with E-state index in [1.54, 1.807) is 0 Å². The second kappa shape index (κ2) is 17.0. The number of nitrogens with zero attached hydrogens (tertiary/aromatic N) is 2. The number of piperidine rings is 2. The molecular weight excluding hydrogens is 466 g/mol. The summed E-state index contributed by atoms with van der Waals surface area (Å²) in [6, 6.07) is 0. The van der Waals surface area contributed by atoms with Crippen LogP contribution in [0.1, 0.15) is 90.9 Å². The number of rotatable bonds is 11. The zero-order valence-electron chi connectivity index (χ0n) is 21.2. The molecule has 2 aliphatic heterocycles. The first-order valence-electron chi connectivity index (χ1n) is 13.2. The highest BCUT2D eigenvalue weighted by Crippen LogP contribution is 2.24. The van der Waals surface area contributed by atoms with Gasteiger partial charge < -0.3 is 43.5 Å². The first kappa shape index (κ1) is 33.5. The molecule has 206 valence electrons. The van der Waals surface area contributed by atoms with Crippen LogP contribution in [0.15, 0.2) is 0 Å². The van der Waals surface area contributed by atoms with Gasteiger partial charge in [0.25, 0.3) is 0 Å². The van der Waals surface area contributed by atoms with Gasteiger partial charge in [0.05, 0.1) is 52.4 Å². The number of quaternary nitrogens is 2. The predicted molar refractivity (Wildman–Crippen MR) is 127 cm³/mol. The van der Waals surface area contributed by atoms with E-state index in [0.29, 0.717) is 0 Å². The monoisotopic (exact) mass is 512 g/mol. The quantitative estimate of drug-likeness (QED) is 0.114. The van der Waals surface area contributed by atoms with Crippen LogP contribution in [-0.2, 0) is 0 Å². The normalized spacial score (nSPS) is 19.9. The Morgan fingerprint density at radius 1 is 0.441 bits per heavy atom. The zero-order chi connectivity index (χ0) is 26.1. The lowest BCUT2D eigenvalue weighted by Gasteiger charge is -2.43. The summed E-state index contributed by atoms with van der Waals surface area (Å²) in [6.45, 7) is 16.5. The van der Waals surface area contributed by atoms with Crippen LogP contribution in [0.2, 0.25) is 0 Å². The number of unbranched alkanes of at least 4 members (excludes halogenated alkanes) is 3. The minimum absolute atomic E-state index is 1.37. The fraction of sp³-hybridized carbons (Fsp3) is 1.00. The van der Waals surface area contributed by atoms with Crippen molar-refractivity contribution in [1.82, 2.24) is 0 Å². The molecule has 34 heavy (non-hydrogen) atoms. The van der Waals surface area contributed by atoms with Crippen LogP contribution in [0.4, 0.5) is 34.5 Å². The molecule has 0 unspecified atom stereocenters. The third-order valence-electron chi connectivity index (χ3n) is 7.02. The van der Waals surface area contributed by atoms with E-state index in [9.17, 15) is 34.5 Å². The summed E-state index contributed by atoms with van der Waals surface area (Å²) in [5.41, 5.74) is 0. The Balaban J connectivity index is 0.000000916. The molecule has 0 radical (unpaired) electrons. The topological polar surface area (TPSA) is 0 Å². The molecular formula is C22H46B2F8N2. The van der Waals surface area contributed by atoms with Gasteiger partial charge in [0.1, 0.15) is 0 Å². The minimum Gasteiger partial charge on any atom is -0.418 e. The number of hydrogen-bond acceptors (Lipinski definition) is 0. The predicted octanol–water partition coefficient (Wildman–Crippen LogP) is 7.97.